The molecule has 0 radical (unpaired) electrons. The SMILES string of the molecule is Cc1ccc2c(c1)CC1Cc3cc(-c4ccc(N(c5ccccc5)c5ccc6c(c5)oc5ccccc56)cc4)ccc3N21. The molecule has 3 heterocycles. The zero-order valence-corrected chi connectivity index (χ0v) is 24.0. The van der Waals surface area contributed by atoms with Gasteiger partial charge in [0.15, 0.2) is 0 Å². The van der Waals surface area contributed by atoms with Gasteiger partial charge in [0.05, 0.1) is 0 Å². The first kappa shape index (κ1) is 24.3. The van der Waals surface area contributed by atoms with E-state index in [1.165, 1.54) is 39.2 Å². The summed E-state index contributed by atoms with van der Waals surface area (Å²) in [5, 5.41) is 2.28. The van der Waals surface area contributed by atoms with Crippen LogP contribution in [0.2, 0.25) is 0 Å². The largest absolute Gasteiger partial charge is 0.456 e. The van der Waals surface area contributed by atoms with Gasteiger partial charge in [-0.05, 0) is 103 Å². The number of aryl methyl sites for hydroxylation is 1. The zero-order valence-electron chi connectivity index (χ0n) is 24.0. The molecule has 1 unspecified atom stereocenters. The van der Waals surface area contributed by atoms with Gasteiger partial charge in [-0.1, -0.05) is 72.3 Å². The second-order valence-electron chi connectivity index (χ2n) is 11.9. The van der Waals surface area contributed by atoms with Crippen molar-refractivity contribution >= 4 is 50.4 Å². The summed E-state index contributed by atoms with van der Waals surface area (Å²) in [6, 6.07) is 48.7. The Bertz CT molecular complexity index is 2160. The predicted octanol–water partition coefficient (Wildman–Crippen LogP) is 10.7. The number of nitrogens with zero attached hydrogens (tertiary/aromatic N) is 2. The van der Waals surface area contributed by atoms with Crippen molar-refractivity contribution in [2.45, 2.75) is 25.8 Å². The van der Waals surface area contributed by atoms with Crippen LogP contribution in [-0.2, 0) is 12.8 Å². The van der Waals surface area contributed by atoms with E-state index in [4.69, 9.17) is 4.42 Å². The Labute approximate surface area is 251 Å². The molecule has 0 amide bonds. The predicted molar refractivity (Wildman–Crippen MR) is 178 cm³/mol. The van der Waals surface area contributed by atoms with E-state index in [-0.39, 0.29) is 0 Å². The highest BCUT2D eigenvalue weighted by Gasteiger charge is 2.37. The first-order valence-corrected chi connectivity index (χ1v) is 15.1. The lowest BCUT2D eigenvalue weighted by atomic mass is 9.98. The number of rotatable bonds is 4. The minimum atomic E-state index is 0.535. The summed E-state index contributed by atoms with van der Waals surface area (Å²) in [5.74, 6) is 0. The minimum absolute atomic E-state index is 0.535. The lowest BCUT2D eigenvalue weighted by molar-refractivity contribution is 0.669. The van der Waals surface area contributed by atoms with Crippen LogP contribution in [0.3, 0.4) is 0 Å². The first-order valence-electron chi connectivity index (χ1n) is 15.1. The standard InChI is InChI=1S/C40H30N2O/c1-26-11-19-37-29(21-26)23-34-24-30-22-28(14-20-38(30)42(34)37)27-12-15-32(16-13-27)41(31-7-3-2-4-8-31)33-17-18-36-35-9-5-6-10-39(35)43-40(36)25-33/h2-22,25,34H,23-24H2,1H3. The summed E-state index contributed by atoms with van der Waals surface area (Å²) < 4.78 is 6.25. The Kier molecular flexibility index (Phi) is 5.30. The minimum Gasteiger partial charge on any atom is -0.456 e. The van der Waals surface area contributed by atoms with E-state index in [0.717, 1.165) is 51.8 Å². The van der Waals surface area contributed by atoms with Crippen LogP contribution in [-0.4, -0.2) is 6.04 Å². The molecule has 0 aliphatic carbocycles. The summed E-state index contributed by atoms with van der Waals surface area (Å²) in [6.45, 7) is 2.19. The summed E-state index contributed by atoms with van der Waals surface area (Å²) >= 11 is 0. The molecular formula is C40H30N2O. The fraction of sp³-hybridized carbons (Fsp3) is 0.100. The van der Waals surface area contributed by atoms with Gasteiger partial charge < -0.3 is 14.2 Å². The average molecular weight is 555 g/mol. The molecule has 7 aromatic rings. The van der Waals surface area contributed by atoms with Gasteiger partial charge in [-0.3, -0.25) is 0 Å². The molecule has 43 heavy (non-hydrogen) atoms. The Balaban J connectivity index is 1.07. The molecule has 0 saturated carbocycles. The van der Waals surface area contributed by atoms with Crippen molar-refractivity contribution in [3.05, 3.63) is 150 Å². The second kappa shape index (κ2) is 9.37. The van der Waals surface area contributed by atoms with Crippen molar-refractivity contribution in [2.75, 3.05) is 9.80 Å². The third kappa shape index (κ3) is 3.89. The number of anilines is 5. The van der Waals surface area contributed by atoms with Crippen molar-refractivity contribution in [3.8, 4) is 11.1 Å². The monoisotopic (exact) mass is 554 g/mol. The molecule has 2 aliphatic rings. The summed E-state index contributed by atoms with van der Waals surface area (Å²) in [6.07, 6.45) is 2.23. The smallest absolute Gasteiger partial charge is 0.137 e. The van der Waals surface area contributed by atoms with Crippen LogP contribution in [0.5, 0.6) is 0 Å². The highest BCUT2D eigenvalue weighted by atomic mass is 16.3. The molecule has 9 rings (SSSR count). The fourth-order valence-corrected chi connectivity index (χ4v) is 7.24. The van der Waals surface area contributed by atoms with E-state index in [0.29, 0.717) is 6.04 Å². The van der Waals surface area contributed by atoms with Crippen LogP contribution in [0.4, 0.5) is 28.4 Å². The summed E-state index contributed by atoms with van der Waals surface area (Å²) in [7, 11) is 0. The van der Waals surface area contributed by atoms with E-state index in [2.05, 4.69) is 138 Å². The van der Waals surface area contributed by atoms with E-state index < -0.39 is 0 Å². The number of para-hydroxylation sites is 2. The van der Waals surface area contributed by atoms with Crippen molar-refractivity contribution in [3.63, 3.8) is 0 Å². The molecule has 0 spiro atoms. The quantitative estimate of drug-likeness (QED) is 0.216. The number of hydrogen-bond acceptors (Lipinski definition) is 3. The lowest BCUT2D eigenvalue weighted by Crippen LogP contribution is -2.22. The maximum atomic E-state index is 6.25. The van der Waals surface area contributed by atoms with Crippen LogP contribution in [0, 0.1) is 6.92 Å². The molecule has 2 aliphatic heterocycles. The maximum Gasteiger partial charge on any atom is 0.137 e. The van der Waals surface area contributed by atoms with Crippen LogP contribution < -0.4 is 9.80 Å². The molecule has 206 valence electrons. The molecule has 1 atom stereocenters. The van der Waals surface area contributed by atoms with Gasteiger partial charge in [-0.2, -0.15) is 0 Å². The van der Waals surface area contributed by atoms with Gasteiger partial charge in [0.2, 0.25) is 0 Å². The van der Waals surface area contributed by atoms with Crippen LogP contribution in [0.1, 0.15) is 16.7 Å². The second-order valence-corrected chi connectivity index (χ2v) is 11.9. The Morgan fingerprint density at radius 1 is 0.558 bits per heavy atom. The summed E-state index contributed by atoms with van der Waals surface area (Å²) in [5.41, 5.74) is 14.6. The zero-order chi connectivity index (χ0) is 28.5. The topological polar surface area (TPSA) is 19.6 Å². The van der Waals surface area contributed by atoms with Crippen LogP contribution in [0.25, 0.3) is 33.1 Å². The number of fused-ring (bicyclic) bond motifs is 8. The van der Waals surface area contributed by atoms with Crippen LogP contribution >= 0.6 is 0 Å². The fourth-order valence-electron chi connectivity index (χ4n) is 7.24. The lowest BCUT2D eigenvalue weighted by Gasteiger charge is -2.25. The summed E-state index contributed by atoms with van der Waals surface area (Å²) in [4.78, 5) is 4.86. The molecule has 3 heteroatoms. The van der Waals surface area contributed by atoms with E-state index >= 15 is 0 Å². The van der Waals surface area contributed by atoms with Gasteiger partial charge in [0.25, 0.3) is 0 Å². The highest BCUT2D eigenvalue weighted by molar-refractivity contribution is 6.06. The molecular weight excluding hydrogens is 524 g/mol. The third-order valence-electron chi connectivity index (χ3n) is 9.20. The van der Waals surface area contributed by atoms with E-state index in [9.17, 15) is 0 Å². The van der Waals surface area contributed by atoms with Gasteiger partial charge in [0.1, 0.15) is 11.2 Å². The normalized spacial score (nSPS) is 15.1. The van der Waals surface area contributed by atoms with Gasteiger partial charge in [-0.25, -0.2) is 0 Å². The molecule has 1 aromatic heterocycles. The van der Waals surface area contributed by atoms with Crippen LogP contribution in [0.15, 0.2) is 138 Å². The third-order valence-corrected chi connectivity index (χ3v) is 9.20. The van der Waals surface area contributed by atoms with Gasteiger partial charge >= 0.3 is 0 Å². The molecule has 0 saturated heterocycles. The molecule has 6 aromatic carbocycles. The van der Waals surface area contributed by atoms with E-state index in [1.807, 2.05) is 12.1 Å². The van der Waals surface area contributed by atoms with Crippen molar-refractivity contribution in [2.24, 2.45) is 0 Å². The molecule has 0 fully saturated rings. The van der Waals surface area contributed by atoms with E-state index in [1.54, 1.807) is 0 Å². The number of furan rings is 1. The molecule has 0 bridgehead atoms. The Morgan fingerprint density at radius 3 is 2.05 bits per heavy atom. The van der Waals surface area contributed by atoms with Gasteiger partial charge in [-0.15, -0.1) is 0 Å². The van der Waals surface area contributed by atoms with Crippen molar-refractivity contribution < 1.29 is 4.42 Å². The van der Waals surface area contributed by atoms with Gasteiger partial charge in [0, 0.05) is 51.3 Å². The molecule has 0 N–H and O–H groups in total. The Morgan fingerprint density at radius 2 is 1.21 bits per heavy atom. The first-order chi connectivity index (χ1) is 21.2. The molecule has 3 nitrogen and oxygen atoms in total. The average Bonchev–Trinajstić information content (AvgIpc) is 3.70. The maximum absolute atomic E-state index is 6.25. The Hall–Kier alpha value is -5.28. The number of hydrogen-bond donors (Lipinski definition) is 0. The van der Waals surface area contributed by atoms with Crippen molar-refractivity contribution in [1.82, 2.24) is 0 Å². The highest BCUT2D eigenvalue weighted by Crippen LogP contribution is 2.47. The number of benzene rings is 6. The van der Waals surface area contributed by atoms with Crippen molar-refractivity contribution in [1.29, 1.82) is 0 Å².